The van der Waals surface area contributed by atoms with Gasteiger partial charge in [0.1, 0.15) is 6.54 Å². The summed E-state index contributed by atoms with van der Waals surface area (Å²) in [6, 6.07) is 12.6. The van der Waals surface area contributed by atoms with Crippen LogP contribution in [0.2, 0.25) is 0 Å². The van der Waals surface area contributed by atoms with Gasteiger partial charge in [-0.05, 0) is 24.1 Å². The van der Waals surface area contributed by atoms with Crippen LogP contribution in [0.1, 0.15) is 18.1 Å². The fourth-order valence-electron chi connectivity index (χ4n) is 2.21. The van der Waals surface area contributed by atoms with Gasteiger partial charge in [-0.3, -0.25) is 0 Å². The summed E-state index contributed by atoms with van der Waals surface area (Å²) in [6.07, 6.45) is 10.6. The van der Waals surface area contributed by atoms with Crippen LogP contribution < -0.4 is 4.57 Å². The minimum atomic E-state index is -10.7. The zero-order valence-electron chi connectivity index (χ0n) is 13.7. The van der Waals surface area contributed by atoms with Gasteiger partial charge in [0.15, 0.2) is 12.4 Å². The molecule has 0 saturated carbocycles. The summed E-state index contributed by atoms with van der Waals surface area (Å²) < 4.78 is 61.4. The van der Waals surface area contributed by atoms with Crippen LogP contribution in [0, 0.1) is 0 Å². The first kappa shape index (κ1) is 20.0. The number of nitrogens with zero attached hydrogens (tertiary/aromatic N) is 1. The van der Waals surface area contributed by atoms with Gasteiger partial charge < -0.3 is 4.98 Å². The Kier molecular flexibility index (Phi) is 4.94. The third kappa shape index (κ3) is 7.70. The Morgan fingerprint density at radius 2 is 1.50 bits per heavy atom. The van der Waals surface area contributed by atoms with Crippen LogP contribution in [0.3, 0.4) is 0 Å². The molecule has 0 saturated heterocycles. The van der Waals surface area contributed by atoms with Crippen LogP contribution in [-0.4, -0.2) is 4.98 Å². The molecule has 0 aliphatic heterocycles. The van der Waals surface area contributed by atoms with Crippen LogP contribution >= 0.6 is 7.81 Å². The number of aryl methyl sites for hydroxylation is 1. The van der Waals surface area contributed by atoms with Gasteiger partial charge in [0, 0.05) is 29.2 Å². The summed E-state index contributed by atoms with van der Waals surface area (Å²) in [5.74, 6) is 0. The molecule has 2 aromatic heterocycles. The number of halogens is 6. The van der Waals surface area contributed by atoms with Crippen molar-refractivity contribution in [3.63, 3.8) is 0 Å². The average molecular weight is 394 g/mol. The van der Waals surface area contributed by atoms with Crippen LogP contribution in [0.5, 0.6) is 0 Å². The fourth-order valence-corrected chi connectivity index (χ4v) is 2.21. The minimum absolute atomic E-state index is 1.01. The van der Waals surface area contributed by atoms with E-state index in [1.54, 1.807) is 0 Å². The van der Waals surface area contributed by atoms with Gasteiger partial charge in [-0.2, -0.15) is 0 Å². The Morgan fingerprint density at radius 1 is 0.923 bits per heavy atom. The standard InChI is InChI=1S/C17H16N2.F6P/c1-2-19-11-9-14(10-12-19)7-8-15-13-18-17-6-4-3-5-16(15)17;1-7(2,3,4,5)6/h3-13H,2H2,1H3;/q;-1/p+1. The van der Waals surface area contributed by atoms with Crippen LogP contribution in [0.4, 0.5) is 25.2 Å². The molecule has 1 N–H and O–H groups in total. The van der Waals surface area contributed by atoms with Gasteiger partial charge in [-0.15, -0.1) is 0 Å². The van der Waals surface area contributed by atoms with Crippen molar-refractivity contribution >= 4 is 30.9 Å². The van der Waals surface area contributed by atoms with Gasteiger partial charge in [-0.1, -0.05) is 30.4 Å². The van der Waals surface area contributed by atoms with E-state index in [0.29, 0.717) is 0 Å². The number of aromatic amines is 1. The predicted octanol–water partition coefficient (Wildman–Crippen LogP) is 7.03. The molecule has 0 spiro atoms. The third-order valence-corrected chi connectivity index (χ3v) is 3.36. The maximum absolute atomic E-state index is 10.7. The molecule has 0 aliphatic rings. The molecule has 26 heavy (non-hydrogen) atoms. The van der Waals surface area contributed by atoms with Crippen molar-refractivity contribution in [3.05, 3.63) is 66.1 Å². The maximum atomic E-state index is 9.87. The van der Waals surface area contributed by atoms with Crippen LogP contribution in [-0.2, 0) is 6.54 Å². The third-order valence-electron chi connectivity index (χ3n) is 3.36. The Morgan fingerprint density at radius 3 is 2.08 bits per heavy atom. The molecular weight excluding hydrogens is 377 g/mol. The molecule has 142 valence electrons. The number of nitrogens with one attached hydrogen (secondary N) is 1. The molecule has 0 atom stereocenters. The van der Waals surface area contributed by atoms with Crippen molar-refractivity contribution in [1.29, 1.82) is 0 Å². The number of para-hydroxylation sites is 1. The van der Waals surface area contributed by atoms with E-state index >= 15 is 0 Å². The second-order valence-corrected chi connectivity index (χ2v) is 7.46. The zero-order valence-corrected chi connectivity index (χ0v) is 14.6. The van der Waals surface area contributed by atoms with E-state index < -0.39 is 7.81 Å². The number of hydrogen-bond acceptors (Lipinski definition) is 0. The first-order chi connectivity index (χ1) is 11.8. The van der Waals surface area contributed by atoms with Crippen molar-refractivity contribution in [2.24, 2.45) is 0 Å². The molecule has 3 rings (SSSR count). The normalized spacial score (nSPS) is 14.6. The van der Waals surface area contributed by atoms with Crippen molar-refractivity contribution in [1.82, 2.24) is 4.98 Å². The van der Waals surface area contributed by atoms with Gasteiger partial charge in [0.2, 0.25) is 0 Å². The first-order valence-corrected chi connectivity index (χ1v) is 9.64. The summed E-state index contributed by atoms with van der Waals surface area (Å²) in [5.41, 5.74) is 3.62. The van der Waals surface area contributed by atoms with E-state index in [-0.39, 0.29) is 0 Å². The molecular formula is C17H17F6N2P. The molecule has 9 heteroatoms. The Hall–Kier alpha value is -2.34. The number of benzene rings is 1. The quantitative estimate of drug-likeness (QED) is 0.280. The van der Waals surface area contributed by atoms with E-state index in [0.717, 1.165) is 6.54 Å². The molecule has 0 aliphatic carbocycles. The number of rotatable bonds is 3. The van der Waals surface area contributed by atoms with Crippen LogP contribution in [0.15, 0.2) is 55.0 Å². The molecule has 3 aromatic rings. The summed E-state index contributed by atoms with van der Waals surface area (Å²) in [7, 11) is -10.7. The van der Waals surface area contributed by atoms with E-state index in [9.17, 15) is 25.2 Å². The second kappa shape index (κ2) is 6.43. The molecule has 2 nitrogen and oxygen atoms in total. The Balaban J connectivity index is 0.000000298. The molecule has 0 bridgehead atoms. The predicted molar refractivity (Wildman–Crippen MR) is 93.1 cm³/mol. The Bertz CT molecular complexity index is 901. The van der Waals surface area contributed by atoms with Gasteiger partial charge in [0.25, 0.3) is 0 Å². The van der Waals surface area contributed by atoms with E-state index in [1.165, 1.54) is 22.0 Å². The van der Waals surface area contributed by atoms with Gasteiger partial charge >= 0.3 is 33.0 Å². The molecule has 0 fully saturated rings. The topological polar surface area (TPSA) is 19.7 Å². The molecule has 0 radical (unpaired) electrons. The molecule has 2 heterocycles. The zero-order chi connectivity index (χ0) is 19.5. The summed E-state index contributed by atoms with van der Waals surface area (Å²) in [4.78, 5) is 3.29. The van der Waals surface area contributed by atoms with Crippen LogP contribution in [0.25, 0.3) is 23.1 Å². The number of hydrogen-bond donors (Lipinski definition) is 1. The van der Waals surface area contributed by atoms with Gasteiger partial charge in [0.05, 0.1) is 0 Å². The molecule has 0 amide bonds. The molecule has 0 unspecified atom stereocenters. The van der Waals surface area contributed by atoms with E-state index in [4.69, 9.17) is 0 Å². The van der Waals surface area contributed by atoms with Crippen molar-refractivity contribution in [3.8, 4) is 0 Å². The first-order valence-electron chi connectivity index (χ1n) is 7.61. The van der Waals surface area contributed by atoms with Crippen molar-refractivity contribution in [2.75, 3.05) is 0 Å². The van der Waals surface area contributed by atoms with E-state index in [2.05, 4.69) is 77.5 Å². The monoisotopic (exact) mass is 394 g/mol. The molecule has 1 aromatic carbocycles. The summed E-state index contributed by atoms with van der Waals surface area (Å²) >= 11 is 0. The number of aromatic nitrogens is 2. The van der Waals surface area contributed by atoms with Crippen molar-refractivity contribution in [2.45, 2.75) is 13.5 Å². The van der Waals surface area contributed by atoms with Crippen molar-refractivity contribution < 1.29 is 29.7 Å². The summed E-state index contributed by atoms with van der Waals surface area (Å²) in [5, 5.41) is 1.26. The SMILES string of the molecule is CC[n+]1ccc(/C=C/c2c[nH]c3ccccc23)cc1.F[P-](F)(F)(F)(F)F. The second-order valence-electron chi connectivity index (χ2n) is 5.54. The Labute approximate surface area is 146 Å². The van der Waals surface area contributed by atoms with Gasteiger partial charge in [-0.25, -0.2) is 4.57 Å². The number of pyridine rings is 1. The fraction of sp³-hybridized carbons (Fsp3) is 0.118. The summed E-state index contributed by atoms with van der Waals surface area (Å²) in [6.45, 7) is 3.15. The van der Waals surface area contributed by atoms with E-state index in [1.807, 2.05) is 6.07 Å². The number of H-pyrrole nitrogens is 1. The number of fused-ring (bicyclic) bond motifs is 1. The average Bonchev–Trinajstić information content (AvgIpc) is 2.94.